The molecule has 0 amide bonds. The maximum atomic E-state index is 3.66. The number of piperidine rings is 1. The van der Waals surface area contributed by atoms with Crippen LogP contribution in [-0.4, -0.2) is 26.2 Å². The van der Waals surface area contributed by atoms with E-state index in [1.54, 1.807) is 0 Å². The minimum Gasteiger partial charge on any atom is -0.316 e. The van der Waals surface area contributed by atoms with Crippen molar-refractivity contribution < 1.29 is 0 Å². The highest BCUT2D eigenvalue weighted by Crippen LogP contribution is 2.24. The van der Waals surface area contributed by atoms with Gasteiger partial charge in [0, 0.05) is 6.54 Å². The van der Waals surface area contributed by atoms with Crippen LogP contribution in [0.25, 0.3) is 0 Å². The Hall–Kier alpha value is -0.0800. The Morgan fingerprint density at radius 3 is 2.69 bits per heavy atom. The van der Waals surface area contributed by atoms with Crippen LogP contribution in [0.2, 0.25) is 0 Å². The van der Waals surface area contributed by atoms with Crippen LogP contribution in [0, 0.1) is 17.3 Å². The Balaban J connectivity index is 2.13. The van der Waals surface area contributed by atoms with Crippen LogP contribution in [0.1, 0.15) is 47.0 Å². The van der Waals surface area contributed by atoms with E-state index in [2.05, 4.69) is 38.3 Å². The summed E-state index contributed by atoms with van der Waals surface area (Å²) in [6.07, 6.45) is 4.05. The molecule has 0 aromatic heterocycles. The Morgan fingerprint density at radius 1 is 1.38 bits per heavy atom. The molecule has 1 heterocycles. The third kappa shape index (κ3) is 5.86. The molecule has 16 heavy (non-hydrogen) atoms. The number of hydrogen-bond acceptors (Lipinski definition) is 2. The van der Waals surface area contributed by atoms with E-state index in [0.717, 1.165) is 18.4 Å². The van der Waals surface area contributed by atoms with E-state index in [4.69, 9.17) is 0 Å². The van der Waals surface area contributed by atoms with E-state index < -0.39 is 0 Å². The first kappa shape index (κ1) is 14.0. The highest BCUT2D eigenvalue weighted by Gasteiger charge is 2.20. The molecule has 2 N–H and O–H groups in total. The second-order valence-corrected chi connectivity index (χ2v) is 6.61. The Labute approximate surface area is 102 Å². The summed E-state index contributed by atoms with van der Waals surface area (Å²) in [5, 5.41) is 7.14. The maximum absolute atomic E-state index is 3.66. The number of hydrogen-bond donors (Lipinski definition) is 2. The molecule has 0 radical (unpaired) electrons. The molecule has 0 spiro atoms. The quantitative estimate of drug-likeness (QED) is 0.727. The third-order valence-electron chi connectivity index (χ3n) is 3.40. The van der Waals surface area contributed by atoms with E-state index in [1.165, 1.54) is 38.9 Å². The fourth-order valence-electron chi connectivity index (χ4n) is 2.89. The average Bonchev–Trinajstić information content (AvgIpc) is 2.16. The lowest BCUT2D eigenvalue weighted by Gasteiger charge is -2.29. The fraction of sp³-hybridized carbons (Fsp3) is 1.00. The first-order valence-electron chi connectivity index (χ1n) is 6.91. The summed E-state index contributed by atoms with van der Waals surface area (Å²) in [5.41, 5.74) is 0.441. The molecule has 1 saturated heterocycles. The van der Waals surface area contributed by atoms with Gasteiger partial charge in [0.25, 0.3) is 0 Å². The van der Waals surface area contributed by atoms with E-state index in [0.29, 0.717) is 5.41 Å². The second kappa shape index (κ2) is 6.61. The SMILES string of the molecule is CC(C)CC(C)(C)CNCC1CCCNC1. The van der Waals surface area contributed by atoms with Gasteiger partial charge in [-0.3, -0.25) is 0 Å². The van der Waals surface area contributed by atoms with E-state index in [9.17, 15) is 0 Å². The largest absolute Gasteiger partial charge is 0.316 e. The summed E-state index contributed by atoms with van der Waals surface area (Å²) >= 11 is 0. The van der Waals surface area contributed by atoms with Crippen molar-refractivity contribution in [3.8, 4) is 0 Å². The molecule has 1 rings (SSSR count). The van der Waals surface area contributed by atoms with Gasteiger partial charge in [-0.05, 0) is 56.1 Å². The molecule has 1 unspecified atom stereocenters. The monoisotopic (exact) mass is 226 g/mol. The molecular weight excluding hydrogens is 196 g/mol. The Morgan fingerprint density at radius 2 is 2.12 bits per heavy atom. The van der Waals surface area contributed by atoms with Crippen LogP contribution in [-0.2, 0) is 0 Å². The molecule has 0 aromatic rings. The predicted octanol–water partition coefficient (Wildman–Crippen LogP) is 2.65. The molecule has 2 nitrogen and oxygen atoms in total. The molecular formula is C14H30N2. The van der Waals surface area contributed by atoms with Crippen molar-refractivity contribution in [1.82, 2.24) is 10.6 Å². The van der Waals surface area contributed by atoms with Crippen molar-refractivity contribution in [2.45, 2.75) is 47.0 Å². The van der Waals surface area contributed by atoms with Gasteiger partial charge in [-0.25, -0.2) is 0 Å². The van der Waals surface area contributed by atoms with Crippen LogP contribution in [0.15, 0.2) is 0 Å². The highest BCUT2D eigenvalue weighted by molar-refractivity contribution is 4.76. The Bertz CT molecular complexity index is 181. The number of nitrogens with one attached hydrogen (secondary N) is 2. The molecule has 1 aliphatic heterocycles. The van der Waals surface area contributed by atoms with Crippen molar-refractivity contribution in [1.29, 1.82) is 0 Å². The normalized spacial score (nSPS) is 22.7. The van der Waals surface area contributed by atoms with Gasteiger partial charge in [0.1, 0.15) is 0 Å². The molecule has 96 valence electrons. The van der Waals surface area contributed by atoms with Gasteiger partial charge < -0.3 is 10.6 Å². The van der Waals surface area contributed by atoms with Crippen molar-refractivity contribution in [2.24, 2.45) is 17.3 Å². The summed E-state index contributed by atoms with van der Waals surface area (Å²) in [4.78, 5) is 0. The lowest BCUT2D eigenvalue weighted by molar-refractivity contribution is 0.259. The summed E-state index contributed by atoms with van der Waals surface area (Å²) < 4.78 is 0. The van der Waals surface area contributed by atoms with Crippen molar-refractivity contribution in [3.05, 3.63) is 0 Å². The van der Waals surface area contributed by atoms with E-state index >= 15 is 0 Å². The molecule has 0 aromatic carbocycles. The van der Waals surface area contributed by atoms with E-state index in [1.807, 2.05) is 0 Å². The zero-order chi connectivity index (χ0) is 12.0. The van der Waals surface area contributed by atoms with Gasteiger partial charge >= 0.3 is 0 Å². The minimum absolute atomic E-state index is 0.441. The van der Waals surface area contributed by atoms with Gasteiger partial charge in [-0.15, -0.1) is 0 Å². The first-order valence-corrected chi connectivity index (χ1v) is 6.91. The van der Waals surface area contributed by atoms with Crippen LogP contribution in [0.3, 0.4) is 0 Å². The van der Waals surface area contributed by atoms with Gasteiger partial charge in [-0.2, -0.15) is 0 Å². The molecule has 0 aliphatic carbocycles. The van der Waals surface area contributed by atoms with Gasteiger partial charge in [0.05, 0.1) is 0 Å². The molecule has 1 atom stereocenters. The zero-order valence-corrected chi connectivity index (χ0v) is 11.6. The Kier molecular flexibility index (Phi) is 5.77. The van der Waals surface area contributed by atoms with Gasteiger partial charge in [0.15, 0.2) is 0 Å². The lowest BCUT2D eigenvalue weighted by atomic mass is 9.84. The summed E-state index contributed by atoms with van der Waals surface area (Å²) in [5.74, 6) is 1.65. The van der Waals surface area contributed by atoms with Gasteiger partial charge in [0.2, 0.25) is 0 Å². The van der Waals surface area contributed by atoms with Crippen molar-refractivity contribution in [2.75, 3.05) is 26.2 Å². The van der Waals surface area contributed by atoms with Crippen LogP contribution in [0.5, 0.6) is 0 Å². The summed E-state index contributed by atoms with van der Waals surface area (Å²) in [6.45, 7) is 14.1. The molecule has 2 heteroatoms. The van der Waals surface area contributed by atoms with Crippen molar-refractivity contribution >= 4 is 0 Å². The smallest absolute Gasteiger partial charge is 0.000274 e. The van der Waals surface area contributed by atoms with Crippen molar-refractivity contribution in [3.63, 3.8) is 0 Å². The fourth-order valence-corrected chi connectivity index (χ4v) is 2.89. The van der Waals surface area contributed by atoms with Gasteiger partial charge in [-0.1, -0.05) is 27.7 Å². The van der Waals surface area contributed by atoms with Crippen LogP contribution in [0.4, 0.5) is 0 Å². The van der Waals surface area contributed by atoms with Crippen LogP contribution < -0.4 is 10.6 Å². The standard InChI is InChI=1S/C14H30N2/c1-12(2)8-14(3,4)11-16-10-13-6-5-7-15-9-13/h12-13,15-16H,5-11H2,1-4H3. The summed E-state index contributed by atoms with van der Waals surface area (Å²) in [7, 11) is 0. The minimum atomic E-state index is 0.441. The second-order valence-electron chi connectivity index (χ2n) is 6.61. The topological polar surface area (TPSA) is 24.1 Å². The molecule has 1 fully saturated rings. The lowest BCUT2D eigenvalue weighted by Crippen LogP contribution is -2.39. The highest BCUT2D eigenvalue weighted by atomic mass is 14.9. The summed E-state index contributed by atoms with van der Waals surface area (Å²) in [6, 6.07) is 0. The number of rotatable bonds is 6. The third-order valence-corrected chi connectivity index (χ3v) is 3.40. The van der Waals surface area contributed by atoms with Crippen LogP contribution >= 0.6 is 0 Å². The molecule has 1 aliphatic rings. The van der Waals surface area contributed by atoms with E-state index in [-0.39, 0.29) is 0 Å². The first-order chi connectivity index (χ1) is 7.49. The predicted molar refractivity (Wildman–Crippen MR) is 71.7 cm³/mol. The molecule has 0 bridgehead atoms. The molecule has 0 saturated carbocycles. The zero-order valence-electron chi connectivity index (χ0n) is 11.6. The maximum Gasteiger partial charge on any atom is 0.000274 e. The average molecular weight is 226 g/mol.